The maximum atomic E-state index is 8.36. The average molecular weight is 402 g/mol. The third-order valence-corrected chi connectivity index (χ3v) is 5.65. The molecule has 158 valence electrons. The number of aryl methyl sites for hydroxylation is 1. The van der Waals surface area contributed by atoms with E-state index in [2.05, 4.69) is 16.3 Å². The number of methoxy groups -OCH3 is 1. The van der Waals surface area contributed by atoms with Crippen molar-refractivity contribution in [3.05, 3.63) is 23.3 Å². The van der Waals surface area contributed by atoms with Crippen molar-refractivity contribution in [3.8, 4) is 11.5 Å². The summed E-state index contributed by atoms with van der Waals surface area (Å²) >= 11 is 0. The van der Waals surface area contributed by atoms with Gasteiger partial charge in [-0.3, -0.25) is 4.79 Å². The van der Waals surface area contributed by atoms with Crippen LogP contribution in [0.2, 0.25) is 0 Å². The lowest BCUT2D eigenvalue weighted by Crippen LogP contribution is -2.21. The van der Waals surface area contributed by atoms with Gasteiger partial charge < -0.3 is 24.8 Å². The zero-order chi connectivity index (χ0) is 20.6. The molecular weight excluding hydrogens is 370 g/mol. The van der Waals surface area contributed by atoms with Crippen molar-refractivity contribution in [1.29, 1.82) is 0 Å². The molecule has 0 radical (unpaired) electrons. The van der Waals surface area contributed by atoms with Gasteiger partial charge in [0.25, 0.3) is 6.47 Å². The monoisotopic (exact) mass is 401 g/mol. The molecule has 0 unspecified atom stereocenters. The van der Waals surface area contributed by atoms with E-state index >= 15 is 0 Å². The van der Waals surface area contributed by atoms with E-state index in [-0.39, 0.29) is 6.47 Å². The summed E-state index contributed by atoms with van der Waals surface area (Å²) in [6, 6.07) is 4.16. The number of rotatable bonds is 7. The van der Waals surface area contributed by atoms with Gasteiger partial charge >= 0.3 is 0 Å². The Hall–Kier alpha value is -2.54. The van der Waals surface area contributed by atoms with E-state index in [4.69, 9.17) is 24.4 Å². The molecule has 2 N–H and O–H groups in total. The highest BCUT2D eigenvalue weighted by molar-refractivity contribution is 5.89. The van der Waals surface area contributed by atoms with Gasteiger partial charge in [0.05, 0.1) is 19.2 Å². The van der Waals surface area contributed by atoms with Crippen molar-refractivity contribution in [2.45, 2.75) is 38.5 Å². The first kappa shape index (κ1) is 21.2. The quantitative estimate of drug-likeness (QED) is 0.544. The number of hydrogen-bond acceptors (Lipinski definition) is 6. The molecule has 1 aromatic carbocycles. The maximum Gasteiger partial charge on any atom is 0.290 e. The number of fused-ring (bicyclic) bond motifs is 3. The summed E-state index contributed by atoms with van der Waals surface area (Å²) in [5.74, 6) is 2.62. The highest BCUT2D eigenvalue weighted by atomic mass is 16.5. The van der Waals surface area contributed by atoms with Crippen LogP contribution in [0.4, 0.5) is 5.82 Å². The molecule has 0 bridgehead atoms. The van der Waals surface area contributed by atoms with E-state index in [1.54, 1.807) is 7.11 Å². The number of carbonyl (C=O) groups is 1. The molecule has 2 heterocycles. The number of anilines is 1. The minimum atomic E-state index is -0.250. The Morgan fingerprint density at radius 2 is 1.90 bits per heavy atom. The summed E-state index contributed by atoms with van der Waals surface area (Å²) in [5.41, 5.74) is 3.77. The van der Waals surface area contributed by atoms with E-state index in [0.29, 0.717) is 6.61 Å². The number of carboxylic acid groups (broad SMARTS) is 1. The molecule has 2 aliphatic rings. The number of aromatic nitrogens is 1. The zero-order valence-corrected chi connectivity index (χ0v) is 17.4. The fraction of sp³-hybridized carbons (Fsp3) is 0.545. The van der Waals surface area contributed by atoms with Crippen molar-refractivity contribution in [1.82, 2.24) is 9.88 Å². The SMILES string of the molecule is CNc1nc2cc(OCCCN3CCCC3)c(OC)cc2c2c1CCC2.O=CO. The Morgan fingerprint density at radius 1 is 1.17 bits per heavy atom. The molecule has 1 saturated heterocycles. The van der Waals surface area contributed by atoms with Crippen LogP contribution in [0.5, 0.6) is 11.5 Å². The Labute approximate surface area is 172 Å². The van der Waals surface area contributed by atoms with Crippen LogP contribution < -0.4 is 14.8 Å². The highest BCUT2D eigenvalue weighted by Gasteiger charge is 2.21. The summed E-state index contributed by atoms with van der Waals surface area (Å²) in [5, 5.41) is 11.4. The van der Waals surface area contributed by atoms with Gasteiger partial charge in [0.1, 0.15) is 5.82 Å². The largest absolute Gasteiger partial charge is 0.493 e. The maximum absolute atomic E-state index is 8.36. The Kier molecular flexibility index (Phi) is 7.52. The Balaban J connectivity index is 0.000000755. The van der Waals surface area contributed by atoms with Gasteiger partial charge in [0, 0.05) is 25.0 Å². The van der Waals surface area contributed by atoms with Crippen molar-refractivity contribution in [2.24, 2.45) is 0 Å². The van der Waals surface area contributed by atoms with Crippen molar-refractivity contribution in [2.75, 3.05) is 45.7 Å². The predicted octanol–water partition coefficient (Wildman–Crippen LogP) is 3.34. The number of hydrogen-bond donors (Lipinski definition) is 2. The van der Waals surface area contributed by atoms with Crippen LogP contribution in [0.1, 0.15) is 36.8 Å². The van der Waals surface area contributed by atoms with Crippen LogP contribution in [0.3, 0.4) is 0 Å². The Morgan fingerprint density at radius 3 is 2.59 bits per heavy atom. The third-order valence-electron chi connectivity index (χ3n) is 5.65. The van der Waals surface area contributed by atoms with E-state index < -0.39 is 0 Å². The number of nitrogens with zero attached hydrogens (tertiary/aromatic N) is 2. The van der Waals surface area contributed by atoms with Crippen molar-refractivity contribution < 1.29 is 19.4 Å². The van der Waals surface area contributed by atoms with Crippen LogP contribution in [-0.2, 0) is 17.6 Å². The topological polar surface area (TPSA) is 83.9 Å². The van der Waals surface area contributed by atoms with Crippen LogP contribution >= 0.6 is 0 Å². The molecule has 7 nitrogen and oxygen atoms in total. The van der Waals surface area contributed by atoms with E-state index in [1.165, 1.54) is 48.9 Å². The zero-order valence-electron chi connectivity index (χ0n) is 17.4. The van der Waals surface area contributed by atoms with Gasteiger partial charge in [-0.2, -0.15) is 0 Å². The lowest BCUT2D eigenvalue weighted by molar-refractivity contribution is -0.122. The van der Waals surface area contributed by atoms with E-state index in [1.807, 2.05) is 13.1 Å². The first-order valence-corrected chi connectivity index (χ1v) is 10.4. The number of nitrogens with one attached hydrogen (secondary N) is 1. The molecule has 1 aliphatic heterocycles. The molecule has 4 rings (SSSR count). The molecule has 29 heavy (non-hydrogen) atoms. The second-order valence-electron chi connectivity index (χ2n) is 7.40. The summed E-state index contributed by atoms with van der Waals surface area (Å²) < 4.78 is 11.7. The molecule has 0 atom stereocenters. The van der Waals surface area contributed by atoms with Crippen molar-refractivity contribution >= 4 is 23.2 Å². The molecule has 0 spiro atoms. The van der Waals surface area contributed by atoms with E-state index in [9.17, 15) is 0 Å². The molecule has 1 aromatic heterocycles. The van der Waals surface area contributed by atoms with Gasteiger partial charge in [-0.1, -0.05) is 0 Å². The van der Waals surface area contributed by atoms with Crippen LogP contribution in [0, 0.1) is 0 Å². The first-order chi connectivity index (χ1) is 14.2. The molecule has 1 aliphatic carbocycles. The molecule has 1 fully saturated rings. The smallest absolute Gasteiger partial charge is 0.290 e. The lowest BCUT2D eigenvalue weighted by atomic mass is 10.0. The van der Waals surface area contributed by atoms with Gasteiger partial charge in [-0.25, -0.2) is 4.98 Å². The normalized spacial score (nSPS) is 15.5. The van der Waals surface area contributed by atoms with Crippen LogP contribution in [0.25, 0.3) is 10.9 Å². The van der Waals surface area contributed by atoms with Gasteiger partial charge in [-0.15, -0.1) is 0 Å². The standard InChI is InChI=1S/C21H29N3O2.CH2O2/c1-22-21-16-8-5-7-15(16)17-13-19(25-2)20(14-18(17)23-21)26-12-6-11-24-9-3-4-10-24;2-1-3/h13-14H,3-12H2,1-2H3,(H,22,23);1H,(H,2,3). The van der Waals surface area contributed by atoms with Crippen LogP contribution in [-0.4, -0.2) is 61.9 Å². The Bertz CT molecular complexity index is 835. The summed E-state index contributed by atoms with van der Waals surface area (Å²) in [7, 11) is 3.67. The number of likely N-dealkylation sites (tertiary alicyclic amines) is 1. The number of benzene rings is 1. The molecular formula is C22H31N3O4. The van der Waals surface area contributed by atoms with Crippen molar-refractivity contribution in [3.63, 3.8) is 0 Å². The van der Waals surface area contributed by atoms with E-state index in [0.717, 1.165) is 48.6 Å². The number of ether oxygens (including phenoxy) is 2. The average Bonchev–Trinajstić information content (AvgIpc) is 3.42. The predicted molar refractivity (Wildman–Crippen MR) is 114 cm³/mol. The first-order valence-electron chi connectivity index (χ1n) is 10.4. The minimum absolute atomic E-state index is 0.250. The second kappa shape index (κ2) is 10.3. The molecule has 7 heteroatoms. The second-order valence-corrected chi connectivity index (χ2v) is 7.40. The van der Waals surface area contributed by atoms with Gasteiger partial charge in [-0.05, 0) is 68.8 Å². The summed E-state index contributed by atoms with van der Waals surface area (Å²) in [4.78, 5) is 15.7. The van der Waals surface area contributed by atoms with Crippen LogP contribution in [0.15, 0.2) is 12.1 Å². The fourth-order valence-electron chi connectivity index (χ4n) is 4.33. The highest BCUT2D eigenvalue weighted by Crippen LogP contribution is 2.39. The fourth-order valence-corrected chi connectivity index (χ4v) is 4.33. The molecule has 0 saturated carbocycles. The lowest BCUT2D eigenvalue weighted by Gasteiger charge is -2.17. The molecule has 2 aromatic rings. The summed E-state index contributed by atoms with van der Waals surface area (Å²) in [6.45, 7) is 4.05. The third kappa shape index (κ3) is 4.90. The summed E-state index contributed by atoms with van der Waals surface area (Å²) in [6.07, 6.45) is 7.13. The van der Waals surface area contributed by atoms with Gasteiger partial charge in [0.2, 0.25) is 0 Å². The van der Waals surface area contributed by atoms with Gasteiger partial charge in [0.15, 0.2) is 11.5 Å². The minimum Gasteiger partial charge on any atom is -0.493 e. The molecule has 0 amide bonds. The number of pyridine rings is 1.